The first-order valence-corrected chi connectivity index (χ1v) is 8.11. The van der Waals surface area contributed by atoms with Gasteiger partial charge in [-0.2, -0.15) is 4.40 Å². The van der Waals surface area contributed by atoms with E-state index >= 15 is 0 Å². The molecule has 0 fully saturated rings. The van der Waals surface area contributed by atoms with E-state index in [2.05, 4.69) is 19.2 Å². The number of pyridine rings is 1. The van der Waals surface area contributed by atoms with Crippen molar-refractivity contribution in [2.75, 3.05) is 13.1 Å². The van der Waals surface area contributed by atoms with Gasteiger partial charge in [0.1, 0.15) is 11.6 Å². The first kappa shape index (κ1) is 16.2. The molecule has 1 N–H and O–H groups in total. The fraction of sp³-hybridized carbons (Fsp3) is 0.263. The number of Topliss-reactive ketones (excluding diaryl/α,β-unsaturated/α-hetero) is 1. The molecule has 0 saturated carbocycles. The molecule has 1 aromatic carbocycles. The molecule has 5 nitrogen and oxygen atoms in total. The van der Waals surface area contributed by atoms with Gasteiger partial charge >= 0.3 is 0 Å². The van der Waals surface area contributed by atoms with Gasteiger partial charge in [-0.15, -0.1) is 0 Å². The van der Waals surface area contributed by atoms with Crippen LogP contribution in [0.1, 0.15) is 24.3 Å². The number of benzene rings is 1. The fourth-order valence-corrected chi connectivity index (χ4v) is 2.76. The minimum Gasteiger partial charge on any atom is -0.839 e. The number of nitrogens with zero attached hydrogens (tertiary/aromatic N) is 2. The minimum atomic E-state index is -0.288. The smallest absolute Gasteiger partial charge is 0.291 e. The first-order valence-electron chi connectivity index (χ1n) is 8.11. The summed E-state index contributed by atoms with van der Waals surface area (Å²) in [4.78, 5) is 12.6. The van der Waals surface area contributed by atoms with E-state index in [-0.39, 0.29) is 23.9 Å². The van der Waals surface area contributed by atoms with Gasteiger partial charge in [0, 0.05) is 6.07 Å². The average molecular weight is 323 g/mol. The van der Waals surface area contributed by atoms with Crippen LogP contribution in [0.25, 0.3) is 11.3 Å². The molecule has 0 radical (unpaired) electrons. The summed E-state index contributed by atoms with van der Waals surface area (Å²) >= 11 is 0. The van der Waals surface area contributed by atoms with Crippen molar-refractivity contribution >= 4 is 11.4 Å². The van der Waals surface area contributed by atoms with Gasteiger partial charge in [0.05, 0.1) is 12.7 Å². The van der Waals surface area contributed by atoms with Crippen LogP contribution in [0.15, 0.2) is 54.7 Å². The lowest BCUT2D eigenvalue weighted by atomic mass is 10.2. The van der Waals surface area contributed by atoms with E-state index in [1.165, 1.54) is 0 Å². The van der Waals surface area contributed by atoms with Crippen LogP contribution in [0.4, 0.5) is 0 Å². The Kier molecular flexibility index (Phi) is 4.62. The third-order valence-corrected chi connectivity index (χ3v) is 3.83. The molecule has 0 aliphatic carbocycles. The molecule has 0 bridgehead atoms. The number of rotatable bonds is 6. The zero-order valence-electron chi connectivity index (χ0n) is 13.9. The van der Waals surface area contributed by atoms with Crippen LogP contribution in [-0.4, -0.2) is 23.4 Å². The normalized spacial score (nSPS) is 11.3. The topological polar surface area (TPSA) is 61.2 Å². The molecule has 0 atom stereocenters. The summed E-state index contributed by atoms with van der Waals surface area (Å²) in [5.74, 6) is -0.0388. The molecule has 24 heavy (non-hydrogen) atoms. The molecule has 0 aliphatic rings. The van der Waals surface area contributed by atoms with Gasteiger partial charge in [-0.3, -0.25) is 4.79 Å². The first-order chi connectivity index (χ1) is 11.6. The Morgan fingerprint density at radius 3 is 2.58 bits per heavy atom. The molecule has 2 aromatic heterocycles. The van der Waals surface area contributed by atoms with Crippen molar-refractivity contribution < 1.29 is 14.3 Å². The van der Waals surface area contributed by atoms with Gasteiger partial charge in [0.25, 0.3) is 5.65 Å². The Labute approximate surface area is 141 Å². The largest absolute Gasteiger partial charge is 0.839 e. The molecule has 5 heteroatoms. The monoisotopic (exact) mass is 323 g/mol. The van der Waals surface area contributed by atoms with Crippen molar-refractivity contribution in [3.8, 4) is 11.6 Å². The van der Waals surface area contributed by atoms with Gasteiger partial charge in [-0.05, 0) is 30.7 Å². The highest BCUT2D eigenvalue weighted by atomic mass is 16.3. The second-order valence-electron chi connectivity index (χ2n) is 6.20. The number of carbonyl (C=O) groups is 1. The number of ketones is 1. The molecular weight excluding hydrogens is 302 g/mol. The Balaban J connectivity index is 2.06. The number of imidazole rings is 1. The average Bonchev–Trinajstić information content (AvgIpc) is 2.87. The maximum Gasteiger partial charge on any atom is 0.291 e. The molecule has 0 amide bonds. The Morgan fingerprint density at radius 1 is 1.17 bits per heavy atom. The van der Waals surface area contributed by atoms with Crippen LogP contribution in [-0.2, 0) is 0 Å². The van der Waals surface area contributed by atoms with Crippen molar-refractivity contribution in [1.82, 2.24) is 9.88 Å². The van der Waals surface area contributed by atoms with Crippen molar-refractivity contribution in [1.29, 1.82) is 0 Å². The van der Waals surface area contributed by atoms with Crippen LogP contribution in [0.3, 0.4) is 0 Å². The third-order valence-electron chi connectivity index (χ3n) is 3.83. The van der Waals surface area contributed by atoms with Gasteiger partial charge in [-0.1, -0.05) is 38.1 Å². The SMILES string of the molecule is CC(C)CNCC(=O)c1c([O-])n(-c2ccccc2)c2cccc[n+]12. The van der Waals surface area contributed by atoms with Gasteiger partial charge in [0.15, 0.2) is 0 Å². The number of nitrogens with one attached hydrogen (secondary N) is 1. The van der Waals surface area contributed by atoms with E-state index in [0.717, 1.165) is 12.2 Å². The molecule has 0 spiro atoms. The van der Waals surface area contributed by atoms with Crippen LogP contribution in [0.2, 0.25) is 0 Å². The predicted molar refractivity (Wildman–Crippen MR) is 90.4 cm³/mol. The molecule has 3 rings (SSSR count). The number of hydrogen-bond donors (Lipinski definition) is 1. The molecule has 0 unspecified atom stereocenters. The highest BCUT2D eigenvalue weighted by Gasteiger charge is 2.25. The van der Waals surface area contributed by atoms with E-state index in [4.69, 9.17) is 0 Å². The Hall–Kier alpha value is -2.66. The summed E-state index contributed by atoms with van der Waals surface area (Å²) in [7, 11) is 0. The Bertz CT molecular complexity index is 854. The fourth-order valence-electron chi connectivity index (χ4n) is 2.76. The highest BCUT2D eigenvalue weighted by Crippen LogP contribution is 2.21. The molecule has 0 saturated heterocycles. The minimum absolute atomic E-state index is 0.156. The van der Waals surface area contributed by atoms with Crippen LogP contribution in [0.5, 0.6) is 5.88 Å². The summed E-state index contributed by atoms with van der Waals surface area (Å²) in [6.45, 7) is 5.05. The number of hydrogen-bond acceptors (Lipinski definition) is 3. The number of carbonyl (C=O) groups excluding carboxylic acids is 1. The standard InChI is InChI=1S/C19H21N3O2/c1-14(2)12-20-13-16(23)18-19(24)22(15-8-4-3-5-9-15)17-10-6-7-11-21(17)18/h3-11,14,20H,12-13H2,1-2H3. The second-order valence-corrected chi connectivity index (χ2v) is 6.20. The summed E-state index contributed by atoms with van der Waals surface area (Å²) in [5, 5.41) is 16.0. The van der Waals surface area contributed by atoms with Crippen molar-refractivity contribution in [3.05, 3.63) is 60.4 Å². The van der Waals surface area contributed by atoms with E-state index in [0.29, 0.717) is 11.6 Å². The predicted octanol–water partition coefficient (Wildman–Crippen LogP) is 1.72. The summed E-state index contributed by atoms with van der Waals surface area (Å²) < 4.78 is 3.25. The zero-order chi connectivity index (χ0) is 17.1. The molecule has 0 aliphatic heterocycles. The lowest BCUT2D eigenvalue weighted by Crippen LogP contribution is -2.34. The van der Waals surface area contributed by atoms with Crippen molar-refractivity contribution in [2.24, 2.45) is 5.92 Å². The summed E-state index contributed by atoms with van der Waals surface area (Å²) in [6.07, 6.45) is 1.76. The van der Waals surface area contributed by atoms with Crippen molar-refractivity contribution in [3.63, 3.8) is 0 Å². The van der Waals surface area contributed by atoms with Crippen molar-refractivity contribution in [2.45, 2.75) is 13.8 Å². The van der Waals surface area contributed by atoms with Gasteiger partial charge in [-0.25, -0.2) is 4.57 Å². The zero-order valence-corrected chi connectivity index (χ0v) is 13.9. The van der Waals surface area contributed by atoms with Gasteiger partial charge in [0.2, 0.25) is 11.5 Å². The van der Waals surface area contributed by atoms with E-state index in [1.54, 1.807) is 15.2 Å². The number of fused-ring (bicyclic) bond motifs is 1. The van der Waals surface area contributed by atoms with E-state index in [9.17, 15) is 9.90 Å². The lowest BCUT2D eigenvalue weighted by molar-refractivity contribution is -0.516. The quantitative estimate of drug-likeness (QED) is 0.555. The molecule has 124 valence electrons. The second kappa shape index (κ2) is 6.84. The molecule has 2 heterocycles. The molecule has 3 aromatic rings. The number of para-hydroxylation sites is 1. The van der Waals surface area contributed by atoms with Crippen LogP contribution < -0.4 is 14.8 Å². The Morgan fingerprint density at radius 2 is 1.88 bits per heavy atom. The molecular formula is C19H21N3O2. The van der Waals surface area contributed by atoms with Crippen LogP contribution in [0, 0.1) is 5.92 Å². The van der Waals surface area contributed by atoms with E-state index < -0.39 is 0 Å². The van der Waals surface area contributed by atoms with E-state index in [1.807, 2.05) is 48.5 Å². The highest BCUT2D eigenvalue weighted by molar-refractivity contribution is 5.97. The summed E-state index contributed by atoms with van der Waals surface area (Å²) in [6, 6.07) is 14.9. The maximum atomic E-state index is 12.9. The van der Waals surface area contributed by atoms with Gasteiger partial charge < -0.3 is 10.4 Å². The number of aromatic nitrogens is 2. The lowest BCUT2D eigenvalue weighted by Gasteiger charge is -2.08. The summed E-state index contributed by atoms with van der Waals surface area (Å²) in [5.41, 5.74) is 1.62. The third kappa shape index (κ3) is 3.03. The maximum absolute atomic E-state index is 12.9. The van der Waals surface area contributed by atoms with Crippen LogP contribution >= 0.6 is 0 Å².